The molecule has 2 aromatic heterocycles. The Morgan fingerprint density at radius 2 is 2.18 bits per heavy atom. The second-order valence-corrected chi connectivity index (χ2v) is 6.49. The number of H-pyrrole nitrogens is 1. The number of fused-ring (bicyclic) bond motifs is 3. The standard InChI is InChI=1S/C14H16N6OS/c15-14-18-9-2-1-8-10(12(9)22-14)11(20-19-8)13(21)17-7-3-5-16-6-4-7/h1-2,7,16H,3-6H2,(H2,15,18)(H,17,21)(H,19,20). The van der Waals surface area contributed by atoms with Gasteiger partial charge in [-0.05, 0) is 38.1 Å². The minimum absolute atomic E-state index is 0.141. The number of hydrogen-bond donors (Lipinski definition) is 4. The molecule has 114 valence electrons. The van der Waals surface area contributed by atoms with Crippen LogP contribution < -0.4 is 16.4 Å². The number of nitrogens with two attached hydrogens (primary N) is 1. The highest BCUT2D eigenvalue weighted by Gasteiger charge is 2.22. The molecule has 22 heavy (non-hydrogen) atoms. The average Bonchev–Trinajstić information content (AvgIpc) is 3.10. The summed E-state index contributed by atoms with van der Waals surface area (Å²) in [6.07, 6.45) is 1.88. The molecule has 3 aromatic rings. The first-order valence-electron chi connectivity index (χ1n) is 7.27. The summed E-state index contributed by atoms with van der Waals surface area (Å²) in [6.45, 7) is 1.86. The summed E-state index contributed by atoms with van der Waals surface area (Å²) in [6, 6.07) is 3.97. The summed E-state index contributed by atoms with van der Waals surface area (Å²) in [5.74, 6) is -0.141. The number of carbonyl (C=O) groups excluding carboxylic acids is 1. The van der Waals surface area contributed by atoms with Crippen molar-refractivity contribution in [1.29, 1.82) is 0 Å². The zero-order valence-corrected chi connectivity index (χ0v) is 12.7. The maximum Gasteiger partial charge on any atom is 0.272 e. The van der Waals surface area contributed by atoms with Crippen LogP contribution in [0.5, 0.6) is 0 Å². The quantitative estimate of drug-likeness (QED) is 0.569. The molecular formula is C14H16N6OS. The Balaban J connectivity index is 1.74. The Kier molecular flexibility index (Phi) is 3.20. The summed E-state index contributed by atoms with van der Waals surface area (Å²) in [7, 11) is 0. The molecule has 1 fully saturated rings. The molecule has 1 aliphatic heterocycles. The maximum absolute atomic E-state index is 12.6. The second kappa shape index (κ2) is 5.22. The van der Waals surface area contributed by atoms with Crippen molar-refractivity contribution in [2.75, 3.05) is 18.8 Å². The van der Waals surface area contributed by atoms with Crippen LogP contribution in [0.25, 0.3) is 21.1 Å². The van der Waals surface area contributed by atoms with E-state index < -0.39 is 0 Å². The molecule has 3 heterocycles. The van der Waals surface area contributed by atoms with E-state index >= 15 is 0 Å². The van der Waals surface area contributed by atoms with Crippen molar-refractivity contribution in [2.45, 2.75) is 18.9 Å². The summed E-state index contributed by atoms with van der Waals surface area (Å²) in [5, 5.41) is 14.8. The summed E-state index contributed by atoms with van der Waals surface area (Å²) >= 11 is 1.38. The largest absolute Gasteiger partial charge is 0.375 e. The minimum Gasteiger partial charge on any atom is -0.375 e. The third-order valence-electron chi connectivity index (χ3n) is 3.99. The highest BCUT2D eigenvalue weighted by Crippen LogP contribution is 2.32. The van der Waals surface area contributed by atoms with Gasteiger partial charge < -0.3 is 16.4 Å². The Morgan fingerprint density at radius 3 is 3.00 bits per heavy atom. The van der Waals surface area contributed by atoms with E-state index in [1.165, 1.54) is 11.3 Å². The van der Waals surface area contributed by atoms with Gasteiger partial charge in [0, 0.05) is 6.04 Å². The van der Waals surface area contributed by atoms with E-state index in [9.17, 15) is 4.79 Å². The predicted molar refractivity (Wildman–Crippen MR) is 87.0 cm³/mol. The summed E-state index contributed by atoms with van der Waals surface area (Å²) in [5.41, 5.74) is 7.84. The smallest absolute Gasteiger partial charge is 0.272 e. The van der Waals surface area contributed by atoms with Crippen molar-refractivity contribution >= 4 is 43.5 Å². The lowest BCUT2D eigenvalue weighted by atomic mass is 10.1. The van der Waals surface area contributed by atoms with Crippen LogP contribution in [0.2, 0.25) is 0 Å². The Labute approximate surface area is 130 Å². The topological polar surface area (TPSA) is 109 Å². The molecule has 0 unspecified atom stereocenters. The van der Waals surface area contributed by atoms with Gasteiger partial charge in [0.15, 0.2) is 10.8 Å². The lowest BCUT2D eigenvalue weighted by molar-refractivity contribution is 0.0926. The van der Waals surface area contributed by atoms with E-state index in [-0.39, 0.29) is 11.9 Å². The summed E-state index contributed by atoms with van der Waals surface area (Å²) in [4.78, 5) is 16.9. The van der Waals surface area contributed by atoms with Crippen molar-refractivity contribution in [3.8, 4) is 0 Å². The normalized spacial score (nSPS) is 16.4. The molecule has 0 aliphatic carbocycles. The molecule has 0 saturated carbocycles. The van der Waals surface area contributed by atoms with Gasteiger partial charge in [0.05, 0.1) is 21.1 Å². The lowest BCUT2D eigenvalue weighted by Crippen LogP contribution is -2.42. The SMILES string of the molecule is Nc1nc2ccc3[nH]nc(C(=O)NC4CCNCC4)c3c2s1. The fourth-order valence-corrected chi connectivity index (χ4v) is 3.77. The molecule has 0 radical (unpaired) electrons. The van der Waals surface area contributed by atoms with Gasteiger partial charge in [-0.2, -0.15) is 5.10 Å². The van der Waals surface area contributed by atoms with Crippen molar-refractivity contribution < 1.29 is 4.79 Å². The number of anilines is 1. The lowest BCUT2D eigenvalue weighted by Gasteiger charge is -2.23. The van der Waals surface area contributed by atoms with Crippen LogP contribution in [0.4, 0.5) is 5.13 Å². The number of benzene rings is 1. The Morgan fingerprint density at radius 1 is 1.36 bits per heavy atom. The Bertz CT molecular complexity index is 848. The number of rotatable bonds is 2. The number of thiazole rings is 1. The van der Waals surface area contributed by atoms with E-state index in [0.717, 1.165) is 47.1 Å². The molecular weight excluding hydrogens is 300 g/mol. The van der Waals surface area contributed by atoms with E-state index in [0.29, 0.717) is 10.8 Å². The van der Waals surface area contributed by atoms with Gasteiger partial charge in [0.1, 0.15) is 0 Å². The molecule has 7 nitrogen and oxygen atoms in total. The van der Waals surface area contributed by atoms with Gasteiger partial charge in [0.25, 0.3) is 5.91 Å². The number of nitrogens with one attached hydrogen (secondary N) is 3. The van der Waals surface area contributed by atoms with E-state index in [2.05, 4.69) is 25.8 Å². The van der Waals surface area contributed by atoms with E-state index in [1.54, 1.807) is 0 Å². The maximum atomic E-state index is 12.6. The number of aromatic nitrogens is 3. The molecule has 0 atom stereocenters. The molecule has 1 aliphatic rings. The van der Waals surface area contributed by atoms with Crippen LogP contribution in [0, 0.1) is 0 Å². The van der Waals surface area contributed by atoms with Crippen molar-refractivity contribution in [2.24, 2.45) is 0 Å². The minimum atomic E-state index is -0.141. The fourth-order valence-electron chi connectivity index (χ4n) is 2.89. The molecule has 0 bridgehead atoms. The van der Waals surface area contributed by atoms with E-state index in [4.69, 9.17) is 5.73 Å². The van der Waals surface area contributed by atoms with Crippen LogP contribution in [0.3, 0.4) is 0 Å². The van der Waals surface area contributed by atoms with Crippen molar-refractivity contribution in [1.82, 2.24) is 25.8 Å². The molecule has 0 spiro atoms. The van der Waals surface area contributed by atoms with E-state index in [1.807, 2.05) is 12.1 Å². The van der Waals surface area contributed by atoms with Gasteiger partial charge in [0.2, 0.25) is 0 Å². The second-order valence-electron chi connectivity index (χ2n) is 5.46. The van der Waals surface area contributed by atoms with Crippen molar-refractivity contribution in [3.05, 3.63) is 17.8 Å². The Hall–Kier alpha value is -2.19. The van der Waals surface area contributed by atoms with Gasteiger partial charge in [-0.3, -0.25) is 9.89 Å². The molecule has 1 aromatic carbocycles. The molecule has 5 N–H and O–H groups in total. The van der Waals surface area contributed by atoms with Crippen LogP contribution in [-0.4, -0.2) is 40.2 Å². The van der Waals surface area contributed by atoms with Gasteiger partial charge >= 0.3 is 0 Å². The average molecular weight is 316 g/mol. The van der Waals surface area contributed by atoms with Gasteiger partial charge in [-0.25, -0.2) is 4.98 Å². The number of nitrogen functional groups attached to an aromatic ring is 1. The zero-order chi connectivity index (χ0) is 15.1. The third-order valence-corrected chi connectivity index (χ3v) is 4.91. The number of hydrogen-bond acceptors (Lipinski definition) is 6. The van der Waals surface area contributed by atoms with Gasteiger partial charge in [-0.15, -0.1) is 0 Å². The number of carbonyl (C=O) groups is 1. The third kappa shape index (κ3) is 2.20. The monoisotopic (exact) mass is 316 g/mol. The van der Waals surface area contributed by atoms with Crippen LogP contribution >= 0.6 is 11.3 Å². The van der Waals surface area contributed by atoms with Crippen molar-refractivity contribution in [3.63, 3.8) is 0 Å². The molecule has 8 heteroatoms. The van der Waals surface area contributed by atoms with Crippen LogP contribution in [0.1, 0.15) is 23.3 Å². The predicted octanol–water partition coefficient (Wildman–Crippen LogP) is 1.24. The number of amides is 1. The number of nitrogens with zero attached hydrogens (tertiary/aromatic N) is 2. The highest BCUT2D eigenvalue weighted by atomic mass is 32.1. The zero-order valence-electron chi connectivity index (χ0n) is 11.8. The number of aromatic amines is 1. The van der Waals surface area contributed by atoms with Crippen LogP contribution in [-0.2, 0) is 0 Å². The molecule has 1 saturated heterocycles. The highest BCUT2D eigenvalue weighted by molar-refractivity contribution is 7.23. The molecule has 1 amide bonds. The van der Waals surface area contributed by atoms with Crippen LogP contribution in [0.15, 0.2) is 12.1 Å². The number of piperidine rings is 1. The summed E-state index contributed by atoms with van der Waals surface area (Å²) < 4.78 is 0.902. The van der Waals surface area contributed by atoms with Gasteiger partial charge in [-0.1, -0.05) is 11.3 Å². The first-order valence-corrected chi connectivity index (χ1v) is 8.08. The first-order chi connectivity index (χ1) is 10.7. The fraction of sp³-hybridized carbons (Fsp3) is 0.357. The first kappa shape index (κ1) is 13.5. The molecule has 4 rings (SSSR count).